The van der Waals surface area contributed by atoms with E-state index >= 15 is 0 Å². The Morgan fingerprint density at radius 3 is 2.76 bits per heavy atom. The molecule has 0 unspecified atom stereocenters. The number of aryl methyl sites for hydroxylation is 1. The van der Waals surface area contributed by atoms with Gasteiger partial charge in [-0.1, -0.05) is 30.3 Å². The van der Waals surface area contributed by atoms with Gasteiger partial charge in [0.2, 0.25) is 10.0 Å². The second-order valence-corrected chi connectivity index (χ2v) is 7.40. The van der Waals surface area contributed by atoms with E-state index in [1.165, 1.54) is 0 Å². The summed E-state index contributed by atoms with van der Waals surface area (Å²) in [6.45, 7) is 2.54. The van der Waals surface area contributed by atoms with Gasteiger partial charge < -0.3 is 0 Å². The molecule has 1 saturated heterocycles. The molecule has 1 fully saturated rings. The highest BCUT2D eigenvalue weighted by Gasteiger charge is 2.36. The van der Waals surface area contributed by atoms with E-state index < -0.39 is 10.0 Å². The van der Waals surface area contributed by atoms with Crippen LogP contribution in [0.4, 0.5) is 0 Å². The number of rotatable bonds is 4. The third kappa shape index (κ3) is 2.87. The van der Waals surface area contributed by atoms with Gasteiger partial charge in [-0.2, -0.15) is 9.40 Å². The smallest absolute Gasteiger partial charge is 0.218 e. The zero-order valence-electron chi connectivity index (χ0n) is 12.0. The average molecular weight is 305 g/mol. The summed E-state index contributed by atoms with van der Waals surface area (Å²) in [5.41, 5.74) is 2.76. The molecule has 0 bridgehead atoms. The van der Waals surface area contributed by atoms with Crippen LogP contribution < -0.4 is 0 Å². The Kier molecular flexibility index (Phi) is 3.82. The lowest BCUT2D eigenvalue weighted by Gasteiger charge is -2.23. The highest BCUT2D eigenvalue weighted by atomic mass is 32.2. The van der Waals surface area contributed by atoms with Crippen molar-refractivity contribution in [3.8, 4) is 0 Å². The molecule has 1 N–H and O–H groups in total. The van der Waals surface area contributed by atoms with Gasteiger partial charge in [0.1, 0.15) is 0 Å². The van der Waals surface area contributed by atoms with Crippen molar-refractivity contribution in [2.24, 2.45) is 0 Å². The van der Waals surface area contributed by atoms with Crippen LogP contribution in [-0.2, 0) is 15.8 Å². The van der Waals surface area contributed by atoms with Gasteiger partial charge >= 0.3 is 0 Å². The fourth-order valence-electron chi connectivity index (χ4n) is 2.92. The van der Waals surface area contributed by atoms with Crippen LogP contribution in [0.5, 0.6) is 0 Å². The Balaban J connectivity index is 1.86. The number of aromatic nitrogens is 2. The topological polar surface area (TPSA) is 66.1 Å². The van der Waals surface area contributed by atoms with E-state index in [1.54, 1.807) is 10.5 Å². The van der Waals surface area contributed by atoms with E-state index in [0.29, 0.717) is 6.54 Å². The van der Waals surface area contributed by atoms with Gasteiger partial charge in [0.15, 0.2) is 0 Å². The summed E-state index contributed by atoms with van der Waals surface area (Å²) in [5, 5.41) is 6.98. The summed E-state index contributed by atoms with van der Waals surface area (Å²) in [5.74, 6) is 0.0531. The van der Waals surface area contributed by atoms with Crippen LogP contribution in [0.1, 0.15) is 35.7 Å². The molecule has 6 heteroatoms. The molecule has 2 aromatic rings. The standard InChI is InChI=1S/C15H19N3O2S/c1-12-10-16-17-15(12)14-8-5-9-18(14)21(19,20)11-13-6-3-2-4-7-13/h2-4,6-7,10,14H,5,8-9,11H2,1H3,(H,16,17)/t14-/m0/s1. The van der Waals surface area contributed by atoms with E-state index in [2.05, 4.69) is 10.2 Å². The molecule has 0 spiro atoms. The summed E-state index contributed by atoms with van der Waals surface area (Å²) >= 11 is 0. The van der Waals surface area contributed by atoms with E-state index in [0.717, 1.165) is 29.7 Å². The second-order valence-electron chi connectivity index (χ2n) is 5.48. The van der Waals surface area contributed by atoms with Crippen molar-refractivity contribution in [3.63, 3.8) is 0 Å². The maximum absolute atomic E-state index is 12.7. The van der Waals surface area contributed by atoms with Crippen LogP contribution in [0.15, 0.2) is 36.5 Å². The third-order valence-electron chi connectivity index (χ3n) is 3.95. The lowest BCUT2D eigenvalue weighted by molar-refractivity contribution is 0.388. The van der Waals surface area contributed by atoms with Crippen molar-refractivity contribution in [1.29, 1.82) is 0 Å². The Morgan fingerprint density at radius 1 is 1.33 bits per heavy atom. The molecule has 2 heterocycles. The molecule has 0 radical (unpaired) electrons. The average Bonchev–Trinajstić information content (AvgIpc) is 3.07. The van der Waals surface area contributed by atoms with Crippen LogP contribution >= 0.6 is 0 Å². The number of nitrogens with one attached hydrogen (secondary N) is 1. The molecule has 0 aliphatic carbocycles. The first-order valence-corrected chi connectivity index (χ1v) is 8.72. The molecule has 0 saturated carbocycles. The molecule has 1 atom stereocenters. The van der Waals surface area contributed by atoms with Crippen LogP contribution in [0.25, 0.3) is 0 Å². The Labute approximate surface area is 125 Å². The van der Waals surface area contributed by atoms with Crippen molar-refractivity contribution < 1.29 is 8.42 Å². The van der Waals surface area contributed by atoms with Gasteiger partial charge in [0, 0.05) is 6.54 Å². The zero-order chi connectivity index (χ0) is 14.9. The summed E-state index contributed by atoms with van der Waals surface area (Å²) < 4.78 is 27.0. The minimum absolute atomic E-state index is 0.0531. The van der Waals surface area contributed by atoms with E-state index in [-0.39, 0.29) is 11.8 Å². The fourth-order valence-corrected chi connectivity index (χ4v) is 4.71. The quantitative estimate of drug-likeness (QED) is 0.943. The molecule has 1 aliphatic heterocycles. The van der Waals surface area contributed by atoms with Crippen molar-refractivity contribution in [1.82, 2.24) is 14.5 Å². The first-order chi connectivity index (χ1) is 10.1. The van der Waals surface area contributed by atoms with Crippen LogP contribution in [0.2, 0.25) is 0 Å². The van der Waals surface area contributed by atoms with E-state index in [9.17, 15) is 8.42 Å². The highest BCUT2D eigenvalue weighted by Crippen LogP contribution is 2.35. The van der Waals surface area contributed by atoms with Crippen LogP contribution in [-0.4, -0.2) is 29.5 Å². The molecule has 0 amide bonds. The predicted octanol–water partition coefficient (Wildman–Crippen LogP) is 2.39. The monoisotopic (exact) mass is 305 g/mol. The molecule has 1 aliphatic rings. The number of nitrogens with zero attached hydrogens (tertiary/aromatic N) is 2. The second kappa shape index (κ2) is 5.61. The lowest BCUT2D eigenvalue weighted by Crippen LogP contribution is -2.32. The van der Waals surface area contributed by atoms with E-state index in [4.69, 9.17) is 0 Å². The summed E-state index contributed by atoms with van der Waals surface area (Å²) in [4.78, 5) is 0. The van der Waals surface area contributed by atoms with Gasteiger partial charge in [0.25, 0.3) is 0 Å². The van der Waals surface area contributed by atoms with Crippen molar-refractivity contribution in [2.75, 3.05) is 6.54 Å². The molecule has 1 aromatic heterocycles. The van der Waals surface area contributed by atoms with E-state index in [1.807, 2.05) is 37.3 Å². The number of hydrogen-bond donors (Lipinski definition) is 1. The van der Waals surface area contributed by atoms with Crippen molar-refractivity contribution >= 4 is 10.0 Å². The molecule has 21 heavy (non-hydrogen) atoms. The van der Waals surface area contributed by atoms with Crippen LogP contribution in [0, 0.1) is 6.92 Å². The Bertz CT molecular complexity index is 710. The van der Waals surface area contributed by atoms with Gasteiger partial charge in [0.05, 0.1) is 23.7 Å². The normalized spacial score (nSPS) is 20.0. The Hall–Kier alpha value is -1.66. The third-order valence-corrected chi connectivity index (χ3v) is 5.80. The molecular weight excluding hydrogens is 286 g/mol. The van der Waals surface area contributed by atoms with Crippen LogP contribution in [0.3, 0.4) is 0 Å². The van der Waals surface area contributed by atoms with Gasteiger partial charge in [-0.25, -0.2) is 8.42 Å². The molecule has 5 nitrogen and oxygen atoms in total. The number of sulfonamides is 1. The maximum Gasteiger partial charge on any atom is 0.218 e. The number of benzene rings is 1. The Morgan fingerprint density at radius 2 is 2.10 bits per heavy atom. The molecule has 1 aromatic carbocycles. The fraction of sp³-hybridized carbons (Fsp3) is 0.400. The molecule has 3 rings (SSSR count). The predicted molar refractivity (Wildman–Crippen MR) is 81.1 cm³/mol. The highest BCUT2D eigenvalue weighted by molar-refractivity contribution is 7.88. The van der Waals surface area contributed by atoms with Crippen molar-refractivity contribution in [2.45, 2.75) is 31.6 Å². The summed E-state index contributed by atoms with van der Waals surface area (Å²) in [6.07, 6.45) is 3.48. The zero-order valence-corrected chi connectivity index (χ0v) is 12.8. The number of H-pyrrole nitrogens is 1. The summed E-state index contributed by atoms with van der Waals surface area (Å²) in [7, 11) is -3.32. The lowest BCUT2D eigenvalue weighted by atomic mass is 10.1. The van der Waals surface area contributed by atoms with Gasteiger partial charge in [-0.05, 0) is 30.9 Å². The van der Waals surface area contributed by atoms with Crippen molar-refractivity contribution in [3.05, 3.63) is 53.3 Å². The minimum atomic E-state index is -3.32. The first-order valence-electron chi connectivity index (χ1n) is 7.11. The molecule has 112 valence electrons. The summed E-state index contributed by atoms with van der Waals surface area (Å²) in [6, 6.07) is 9.22. The largest absolute Gasteiger partial charge is 0.281 e. The maximum atomic E-state index is 12.7. The molecular formula is C15H19N3O2S. The minimum Gasteiger partial charge on any atom is -0.281 e. The van der Waals surface area contributed by atoms with Gasteiger partial charge in [-0.15, -0.1) is 0 Å². The number of hydrogen-bond acceptors (Lipinski definition) is 3. The SMILES string of the molecule is Cc1cn[nH]c1[C@@H]1CCCN1S(=O)(=O)Cc1ccccc1. The van der Waals surface area contributed by atoms with Gasteiger partial charge in [-0.3, -0.25) is 5.10 Å². The number of aromatic amines is 1. The first kappa shape index (κ1) is 14.3.